The van der Waals surface area contributed by atoms with Gasteiger partial charge in [0.1, 0.15) is 0 Å². The third kappa shape index (κ3) is 1.57. The van der Waals surface area contributed by atoms with E-state index in [0.29, 0.717) is 5.37 Å². The van der Waals surface area contributed by atoms with Crippen molar-refractivity contribution >= 4 is 24.4 Å². The first-order valence-corrected chi connectivity index (χ1v) is 4.44. The summed E-state index contributed by atoms with van der Waals surface area (Å²) in [7, 11) is 2.12. The largest absolute Gasteiger partial charge is 0.293 e. The molecule has 0 aliphatic carbocycles. The standard InChI is InChI=1S/C5H11NS2/c1-6-2-3-8-4-5(6)7/h5,7H,2-4H2,1H3. The number of hydrogen-bond donors (Lipinski definition) is 1. The molecule has 0 aromatic heterocycles. The summed E-state index contributed by atoms with van der Waals surface area (Å²) in [5, 5.41) is 0.494. The molecule has 1 nitrogen and oxygen atoms in total. The first-order chi connectivity index (χ1) is 3.80. The highest BCUT2D eigenvalue weighted by Crippen LogP contribution is 2.16. The van der Waals surface area contributed by atoms with Crippen molar-refractivity contribution in [1.82, 2.24) is 4.90 Å². The van der Waals surface area contributed by atoms with E-state index >= 15 is 0 Å². The molecule has 0 aromatic carbocycles. The van der Waals surface area contributed by atoms with Gasteiger partial charge in [-0.25, -0.2) is 0 Å². The van der Waals surface area contributed by atoms with Crippen LogP contribution in [0.25, 0.3) is 0 Å². The van der Waals surface area contributed by atoms with Crippen molar-refractivity contribution in [3.63, 3.8) is 0 Å². The minimum atomic E-state index is 0.494. The lowest BCUT2D eigenvalue weighted by atomic mass is 10.5. The zero-order valence-corrected chi connectivity index (χ0v) is 6.71. The summed E-state index contributed by atoms with van der Waals surface area (Å²) in [5.74, 6) is 2.45. The van der Waals surface area contributed by atoms with E-state index in [9.17, 15) is 0 Å². The molecule has 0 amide bonds. The van der Waals surface area contributed by atoms with E-state index in [-0.39, 0.29) is 0 Å². The van der Waals surface area contributed by atoms with Gasteiger partial charge in [0.15, 0.2) is 0 Å². The molecular weight excluding hydrogens is 138 g/mol. The molecule has 1 unspecified atom stereocenters. The summed E-state index contributed by atoms with van der Waals surface area (Å²) in [6.07, 6.45) is 0. The van der Waals surface area contributed by atoms with Crippen LogP contribution in [-0.4, -0.2) is 35.4 Å². The molecule has 8 heavy (non-hydrogen) atoms. The Kier molecular flexibility index (Phi) is 2.53. The van der Waals surface area contributed by atoms with E-state index in [1.54, 1.807) is 0 Å². The molecule has 1 aliphatic heterocycles. The molecule has 3 heteroatoms. The SMILES string of the molecule is CN1CCSCC1S. The Hall–Kier alpha value is 0.660. The van der Waals surface area contributed by atoms with Crippen LogP contribution in [0.5, 0.6) is 0 Å². The molecule has 1 rings (SSSR count). The van der Waals surface area contributed by atoms with Crippen LogP contribution in [0, 0.1) is 0 Å². The van der Waals surface area contributed by atoms with Gasteiger partial charge in [0, 0.05) is 18.1 Å². The molecule has 0 bridgehead atoms. The van der Waals surface area contributed by atoms with E-state index in [1.165, 1.54) is 18.1 Å². The van der Waals surface area contributed by atoms with Crippen LogP contribution in [0.4, 0.5) is 0 Å². The predicted octanol–water partition coefficient (Wildman–Crippen LogP) is 0.921. The molecule has 0 aromatic rings. The van der Waals surface area contributed by atoms with Gasteiger partial charge in [0.05, 0.1) is 5.37 Å². The third-order valence-corrected chi connectivity index (χ3v) is 3.21. The Morgan fingerprint density at radius 1 is 1.75 bits per heavy atom. The molecule has 48 valence electrons. The number of nitrogens with zero attached hydrogens (tertiary/aromatic N) is 1. The third-order valence-electron chi connectivity index (χ3n) is 1.36. The second-order valence-corrected chi connectivity index (χ2v) is 3.78. The Labute approximate surface area is 60.2 Å². The van der Waals surface area contributed by atoms with Crippen molar-refractivity contribution in [3.05, 3.63) is 0 Å². The van der Waals surface area contributed by atoms with Gasteiger partial charge in [-0.3, -0.25) is 4.90 Å². The van der Waals surface area contributed by atoms with E-state index in [1.807, 2.05) is 11.8 Å². The lowest BCUT2D eigenvalue weighted by molar-refractivity contribution is 0.346. The van der Waals surface area contributed by atoms with Gasteiger partial charge in [0.25, 0.3) is 0 Å². The van der Waals surface area contributed by atoms with Gasteiger partial charge in [-0.2, -0.15) is 24.4 Å². The predicted molar refractivity (Wildman–Crippen MR) is 42.7 cm³/mol. The van der Waals surface area contributed by atoms with E-state index in [2.05, 4.69) is 24.6 Å². The molecule has 1 aliphatic rings. The van der Waals surface area contributed by atoms with Gasteiger partial charge in [-0.05, 0) is 7.05 Å². The second-order valence-electron chi connectivity index (χ2n) is 2.04. The fourth-order valence-electron chi connectivity index (χ4n) is 0.674. The molecule has 1 fully saturated rings. The summed E-state index contributed by atoms with van der Waals surface area (Å²) < 4.78 is 0. The minimum Gasteiger partial charge on any atom is -0.293 e. The van der Waals surface area contributed by atoms with E-state index < -0.39 is 0 Å². The van der Waals surface area contributed by atoms with Gasteiger partial charge >= 0.3 is 0 Å². The van der Waals surface area contributed by atoms with Crippen LogP contribution in [0.1, 0.15) is 0 Å². The second kappa shape index (κ2) is 2.99. The summed E-state index contributed by atoms with van der Waals surface area (Å²) >= 11 is 6.35. The van der Waals surface area contributed by atoms with E-state index in [4.69, 9.17) is 0 Å². The molecule has 0 spiro atoms. The van der Waals surface area contributed by atoms with Gasteiger partial charge in [-0.1, -0.05) is 0 Å². The van der Waals surface area contributed by atoms with Crippen LogP contribution >= 0.6 is 24.4 Å². The fourth-order valence-corrected chi connectivity index (χ4v) is 2.15. The first-order valence-electron chi connectivity index (χ1n) is 2.77. The number of thioether (sulfide) groups is 1. The Balaban J connectivity index is 2.28. The van der Waals surface area contributed by atoms with Gasteiger partial charge in [0.2, 0.25) is 0 Å². The maximum atomic E-state index is 4.36. The summed E-state index contributed by atoms with van der Waals surface area (Å²) in [5.41, 5.74) is 0. The molecule has 1 heterocycles. The number of hydrogen-bond acceptors (Lipinski definition) is 3. The molecule has 1 atom stereocenters. The molecule has 1 saturated heterocycles. The highest BCUT2D eigenvalue weighted by Gasteiger charge is 2.13. The lowest BCUT2D eigenvalue weighted by Gasteiger charge is -2.27. The lowest BCUT2D eigenvalue weighted by Crippen LogP contribution is -2.35. The number of thiol groups is 1. The van der Waals surface area contributed by atoms with Crippen molar-refractivity contribution in [1.29, 1.82) is 0 Å². The fraction of sp³-hybridized carbons (Fsp3) is 1.00. The van der Waals surface area contributed by atoms with Crippen molar-refractivity contribution in [2.24, 2.45) is 0 Å². The smallest absolute Gasteiger partial charge is 0.0616 e. The maximum Gasteiger partial charge on any atom is 0.0616 e. The Bertz CT molecular complexity index is 66.8. The topological polar surface area (TPSA) is 3.24 Å². The van der Waals surface area contributed by atoms with Crippen LogP contribution in [0.2, 0.25) is 0 Å². The van der Waals surface area contributed by atoms with E-state index in [0.717, 1.165) is 0 Å². The van der Waals surface area contributed by atoms with Crippen LogP contribution in [0.3, 0.4) is 0 Å². The van der Waals surface area contributed by atoms with Crippen LogP contribution in [-0.2, 0) is 0 Å². The maximum absolute atomic E-state index is 4.36. The van der Waals surface area contributed by atoms with Gasteiger partial charge < -0.3 is 0 Å². The average Bonchev–Trinajstić information content (AvgIpc) is 1.77. The van der Waals surface area contributed by atoms with Crippen molar-refractivity contribution in [2.45, 2.75) is 5.37 Å². The van der Waals surface area contributed by atoms with Crippen molar-refractivity contribution < 1.29 is 0 Å². The average molecular weight is 149 g/mol. The molecule has 0 radical (unpaired) electrons. The zero-order valence-electron chi connectivity index (χ0n) is 5.00. The Morgan fingerprint density at radius 3 is 2.88 bits per heavy atom. The monoisotopic (exact) mass is 149 g/mol. The van der Waals surface area contributed by atoms with Crippen LogP contribution < -0.4 is 0 Å². The van der Waals surface area contributed by atoms with Crippen LogP contribution in [0.15, 0.2) is 0 Å². The summed E-state index contributed by atoms with van der Waals surface area (Å²) in [6, 6.07) is 0. The Morgan fingerprint density at radius 2 is 2.50 bits per heavy atom. The quantitative estimate of drug-likeness (QED) is 0.510. The van der Waals surface area contributed by atoms with Gasteiger partial charge in [-0.15, -0.1) is 0 Å². The number of rotatable bonds is 0. The summed E-state index contributed by atoms with van der Waals surface area (Å²) in [6.45, 7) is 1.19. The van der Waals surface area contributed by atoms with Crippen molar-refractivity contribution in [3.8, 4) is 0 Å². The molecular formula is C5H11NS2. The normalized spacial score (nSPS) is 33.0. The molecule has 0 saturated carbocycles. The first kappa shape index (κ1) is 6.78. The minimum absolute atomic E-state index is 0.494. The highest BCUT2D eigenvalue weighted by atomic mass is 32.2. The molecule has 0 N–H and O–H groups in total. The van der Waals surface area contributed by atoms with Crippen molar-refractivity contribution in [2.75, 3.05) is 25.1 Å². The highest BCUT2D eigenvalue weighted by molar-refractivity contribution is 8.00. The zero-order chi connectivity index (χ0) is 5.98. The summed E-state index contributed by atoms with van der Waals surface area (Å²) in [4.78, 5) is 2.28.